The van der Waals surface area contributed by atoms with Crippen LogP contribution in [0.2, 0.25) is 0 Å². The summed E-state index contributed by atoms with van der Waals surface area (Å²) in [5.74, 6) is 0.991. The van der Waals surface area contributed by atoms with Crippen molar-refractivity contribution in [2.75, 3.05) is 30.0 Å². The van der Waals surface area contributed by atoms with Gasteiger partial charge in [-0.1, -0.05) is 18.2 Å². The van der Waals surface area contributed by atoms with Crippen molar-refractivity contribution in [1.82, 2.24) is 0 Å². The standard InChI is InChI=1S/C21H24N2O4/c1-4-23-17-12-15(10-11-18(17)27-14-21(2,3)20(23)25)22-19(24)13-26-16-8-6-5-7-9-16/h5-12H,4,13-14H2,1-3H3,(H,22,24). The summed E-state index contributed by atoms with van der Waals surface area (Å²) in [6.45, 7) is 6.39. The molecule has 142 valence electrons. The van der Waals surface area contributed by atoms with Gasteiger partial charge in [-0.15, -0.1) is 0 Å². The molecule has 2 amide bonds. The molecule has 0 bridgehead atoms. The lowest BCUT2D eigenvalue weighted by atomic mass is 9.93. The lowest BCUT2D eigenvalue weighted by Crippen LogP contribution is -2.42. The third-order valence-electron chi connectivity index (χ3n) is 4.38. The Morgan fingerprint density at radius 3 is 2.67 bits per heavy atom. The van der Waals surface area contributed by atoms with Gasteiger partial charge >= 0.3 is 0 Å². The van der Waals surface area contributed by atoms with Crippen LogP contribution in [0, 0.1) is 5.41 Å². The fraction of sp³-hybridized carbons (Fsp3) is 0.333. The second kappa shape index (κ2) is 7.70. The molecular weight excluding hydrogens is 344 g/mol. The van der Waals surface area contributed by atoms with Crippen LogP contribution in [-0.4, -0.2) is 31.6 Å². The topological polar surface area (TPSA) is 67.9 Å². The first kappa shape index (κ1) is 18.8. The van der Waals surface area contributed by atoms with E-state index in [1.165, 1.54) is 0 Å². The summed E-state index contributed by atoms with van der Waals surface area (Å²) in [7, 11) is 0. The van der Waals surface area contributed by atoms with E-state index in [9.17, 15) is 9.59 Å². The zero-order valence-electron chi connectivity index (χ0n) is 15.8. The predicted octanol–water partition coefficient (Wildman–Crippen LogP) is 3.48. The van der Waals surface area contributed by atoms with Crippen LogP contribution in [-0.2, 0) is 9.59 Å². The first-order chi connectivity index (χ1) is 12.9. The van der Waals surface area contributed by atoms with Crippen LogP contribution in [0.1, 0.15) is 20.8 Å². The van der Waals surface area contributed by atoms with E-state index in [1.807, 2.05) is 39.0 Å². The third-order valence-corrected chi connectivity index (χ3v) is 4.38. The van der Waals surface area contributed by atoms with E-state index in [0.717, 1.165) is 0 Å². The fourth-order valence-corrected chi connectivity index (χ4v) is 2.90. The van der Waals surface area contributed by atoms with Crippen molar-refractivity contribution in [3.05, 3.63) is 48.5 Å². The lowest BCUT2D eigenvalue weighted by molar-refractivity contribution is -0.127. The molecule has 1 N–H and O–H groups in total. The van der Waals surface area contributed by atoms with Crippen molar-refractivity contribution in [3.63, 3.8) is 0 Å². The summed E-state index contributed by atoms with van der Waals surface area (Å²) in [6, 6.07) is 14.5. The van der Waals surface area contributed by atoms with Crippen molar-refractivity contribution in [1.29, 1.82) is 0 Å². The highest BCUT2D eigenvalue weighted by Gasteiger charge is 2.37. The maximum atomic E-state index is 12.8. The van der Waals surface area contributed by atoms with Gasteiger partial charge in [0.15, 0.2) is 6.61 Å². The van der Waals surface area contributed by atoms with Gasteiger partial charge < -0.3 is 19.7 Å². The zero-order valence-corrected chi connectivity index (χ0v) is 15.8. The van der Waals surface area contributed by atoms with Crippen LogP contribution in [0.5, 0.6) is 11.5 Å². The van der Waals surface area contributed by atoms with E-state index < -0.39 is 5.41 Å². The number of carbonyl (C=O) groups excluding carboxylic acids is 2. The molecule has 6 heteroatoms. The van der Waals surface area contributed by atoms with Crippen molar-refractivity contribution < 1.29 is 19.1 Å². The molecule has 0 saturated heterocycles. The molecule has 3 rings (SSSR count). The van der Waals surface area contributed by atoms with Gasteiger partial charge in [-0.05, 0) is 51.1 Å². The van der Waals surface area contributed by atoms with Crippen molar-refractivity contribution in [2.24, 2.45) is 5.41 Å². The number of ether oxygens (including phenoxy) is 2. The van der Waals surface area contributed by atoms with E-state index in [-0.39, 0.29) is 18.4 Å². The first-order valence-electron chi connectivity index (χ1n) is 8.97. The molecule has 0 unspecified atom stereocenters. The highest BCUT2D eigenvalue weighted by molar-refractivity contribution is 6.00. The van der Waals surface area contributed by atoms with Crippen LogP contribution in [0.3, 0.4) is 0 Å². The number of amides is 2. The SMILES string of the molecule is CCN1C(=O)C(C)(C)COc2ccc(NC(=O)COc3ccccc3)cc21. The predicted molar refractivity (Wildman–Crippen MR) is 104 cm³/mol. The number of hydrogen-bond donors (Lipinski definition) is 1. The smallest absolute Gasteiger partial charge is 0.262 e. The summed E-state index contributed by atoms with van der Waals surface area (Å²) in [6.07, 6.45) is 0. The van der Waals surface area contributed by atoms with Crippen LogP contribution in [0.25, 0.3) is 0 Å². The average Bonchev–Trinajstić information content (AvgIpc) is 2.75. The van der Waals surface area contributed by atoms with Crippen LogP contribution < -0.4 is 19.7 Å². The minimum absolute atomic E-state index is 0.000336. The van der Waals surface area contributed by atoms with Gasteiger partial charge in [-0.2, -0.15) is 0 Å². The molecule has 0 saturated carbocycles. The minimum atomic E-state index is -0.609. The molecule has 1 aliphatic heterocycles. The average molecular weight is 368 g/mol. The molecule has 0 radical (unpaired) electrons. The maximum Gasteiger partial charge on any atom is 0.262 e. The molecule has 27 heavy (non-hydrogen) atoms. The van der Waals surface area contributed by atoms with E-state index in [1.54, 1.807) is 35.2 Å². The Balaban J connectivity index is 1.73. The van der Waals surface area contributed by atoms with Gasteiger partial charge in [0.2, 0.25) is 5.91 Å². The van der Waals surface area contributed by atoms with Crippen LogP contribution in [0.15, 0.2) is 48.5 Å². The second-order valence-corrected chi connectivity index (χ2v) is 7.05. The summed E-state index contributed by atoms with van der Waals surface area (Å²) >= 11 is 0. The van der Waals surface area contributed by atoms with E-state index in [4.69, 9.17) is 9.47 Å². The number of fused-ring (bicyclic) bond motifs is 1. The number of rotatable bonds is 5. The summed E-state index contributed by atoms with van der Waals surface area (Å²) in [4.78, 5) is 26.7. The van der Waals surface area contributed by atoms with Gasteiger partial charge in [0, 0.05) is 12.2 Å². The van der Waals surface area contributed by atoms with Gasteiger partial charge in [0.25, 0.3) is 5.91 Å². The molecule has 0 fully saturated rings. The fourth-order valence-electron chi connectivity index (χ4n) is 2.90. The molecule has 2 aromatic carbocycles. The molecule has 0 aliphatic carbocycles. The Labute approximate surface area is 159 Å². The van der Waals surface area contributed by atoms with Gasteiger partial charge in [0.1, 0.15) is 18.1 Å². The summed E-state index contributed by atoms with van der Waals surface area (Å²) in [5.41, 5.74) is 0.641. The quantitative estimate of drug-likeness (QED) is 0.877. The largest absolute Gasteiger partial charge is 0.490 e. The number of anilines is 2. The minimum Gasteiger partial charge on any atom is -0.490 e. The highest BCUT2D eigenvalue weighted by atomic mass is 16.5. The van der Waals surface area contributed by atoms with Crippen LogP contribution in [0.4, 0.5) is 11.4 Å². The summed E-state index contributed by atoms with van der Waals surface area (Å²) in [5, 5.41) is 2.81. The zero-order chi connectivity index (χ0) is 19.4. The molecule has 1 aliphatic rings. The molecule has 1 heterocycles. The maximum absolute atomic E-state index is 12.8. The van der Waals surface area contributed by atoms with E-state index in [2.05, 4.69) is 5.32 Å². The number of benzene rings is 2. The second-order valence-electron chi connectivity index (χ2n) is 7.05. The van der Waals surface area contributed by atoms with E-state index in [0.29, 0.717) is 36.0 Å². The van der Waals surface area contributed by atoms with Crippen LogP contribution >= 0.6 is 0 Å². The summed E-state index contributed by atoms with van der Waals surface area (Å²) < 4.78 is 11.3. The first-order valence-corrected chi connectivity index (χ1v) is 8.97. The van der Waals surface area contributed by atoms with Gasteiger partial charge in [0.05, 0.1) is 11.1 Å². The normalized spacial score (nSPS) is 15.4. The molecule has 0 spiro atoms. The van der Waals surface area contributed by atoms with Gasteiger partial charge in [-0.25, -0.2) is 0 Å². The van der Waals surface area contributed by atoms with Crippen molar-refractivity contribution >= 4 is 23.2 Å². The van der Waals surface area contributed by atoms with Crippen molar-refractivity contribution in [3.8, 4) is 11.5 Å². The Bertz CT molecular complexity index is 833. The Kier molecular flexibility index (Phi) is 5.35. The monoisotopic (exact) mass is 368 g/mol. The molecule has 6 nitrogen and oxygen atoms in total. The van der Waals surface area contributed by atoms with Crippen molar-refractivity contribution in [2.45, 2.75) is 20.8 Å². The molecule has 2 aromatic rings. The van der Waals surface area contributed by atoms with Gasteiger partial charge in [-0.3, -0.25) is 9.59 Å². The number of hydrogen-bond acceptors (Lipinski definition) is 4. The number of nitrogens with zero attached hydrogens (tertiary/aromatic N) is 1. The number of nitrogens with one attached hydrogen (secondary N) is 1. The Morgan fingerprint density at radius 1 is 1.22 bits per heavy atom. The molecule has 0 aromatic heterocycles. The lowest BCUT2D eigenvalue weighted by Gasteiger charge is -2.27. The van der Waals surface area contributed by atoms with E-state index >= 15 is 0 Å². The number of para-hydroxylation sites is 1. The Hall–Kier alpha value is -3.02. The number of carbonyl (C=O) groups is 2. The third kappa shape index (κ3) is 4.22. The molecule has 0 atom stereocenters. The Morgan fingerprint density at radius 2 is 1.96 bits per heavy atom. The highest BCUT2D eigenvalue weighted by Crippen LogP contribution is 2.38. The molecular formula is C21H24N2O4.